The monoisotopic (exact) mass is 609 g/mol. The van der Waals surface area contributed by atoms with Gasteiger partial charge in [0.2, 0.25) is 15.9 Å². The molecule has 0 bridgehead atoms. The molecule has 1 saturated carbocycles. The second kappa shape index (κ2) is 12.1. The minimum Gasteiger partial charge on any atom is -0.477 e. The zero-order chi connectivity index (χ0) is 29.3. The lowest BCUT2D eigenvalue weighted by Crippen LogP contribution is -2.60. The van der Waals surface area contributed by atoms with Gasteiger partial charge in [-0.1, -0.05) is 49.6 Å². The Morgan fingerprint density at radius 1 is 1.02 bits per heavy atom. The summed E-state index contributed by atoms with van der Waals surface area (Å²) in [4.78, 5) is 35.4. The van der Waals surface area contributed by atoms with Crippen LogP contribution in [0.1, 0.15) is 41.8 Å². The third-order valence-electron chi connectivity index (χ3n) is 8.52. The molecule has 2 aromatic heterocycles. The SMILES string of the molecule is O=C(O)c1sc(-c2ccccc2)cc1N1C(=O)CN(S(=O)(=O)c2ccc(N3CCNCC3)nc2)CC1C1CCCCC1. The van der Waals surface area contributed by atoms with Crippen molar-refractivity contribution in [2.75, 3.05) is 49.1 Å². The molecule has 1 aromatic carbocycles. The van der Waals surface area contributed by atoms with E-state index < -0.39 is 27.9 Å². The van der Waals surface area contributed by atoms with E-state index in [0.29, 0.717) is 5.69 Å². The molecule has 1 aliphatic carbocycles. The maximum absolute atomic E-state index is 13.9. The Hall–Kier alpha value is -3.32. The number of nitrogens with zero attached hydrogens (tertiary/aromatic N) is 4. The number of aromatic carboxylic acids is 1. The molecule has 3 aromatic rings. The Bertz CT molecular complexity index is 1530. The number of thiophene rings is 1. The highest BCUT2D eigenvalue weighted by Gasteiger charge is 2.44. The normalized spacial score (nSPS) is 21.0. The van der Waals surface area contributed by atoms with Crippen LogP contribution in [0.25, 0.3) is 10.4 Å². The minimum atomic E-state index is -4.01. The highest BCUT2D eigenvalue weighted by Crippen LogP contribution is 2.42. The number of aromatic nitrogens is 1. The first kappa shape index (κ1) is 28.8. The van der Waals surface area contributed by atoms with Crippen molar-refractivity contribution in [1.29, 1.82) is 0 Å². The number of nitrogens with one attached hydrogen (secondary N) is 1. The predicted octanol–water partition coefficient (Wildman–Crippen LogP) is 3.90. The van der Waals surface area contributed by atoms with Crippen molar-refractivity contribution in [2.24, 2.45) is 5.92 Å². The number of sulfonamides is 1. The van der Waals surface area contributed by atoms with Crippen molar-refractivity contribution in [3.8, 4) is 10.4 Å². The number of carbonyl (C=O) groups excluding carboxylic acids is 1. The molecule has 2 N–H and O–H groups in total. The summed E-state index contributed by atoms with van der Waals surface area (Å²) >= 11 is 1.14. The van der Waals surface area contributed by atoms with Gasteiger partial charge in [0.05, 0.1) is 18.3 Å². The lowest BCUT2D eigenvalue weighted by molar-refractivity contribution is -0.121. The van der Waals surface area contributed by atoms with Crippen molar-refractivity contribution < 1.29 is 23.1 Å². The van der Waals surface area contributed by atoms with Crippen LogP contribution >= 0.6 is 11.3 Å². The van der Waals surface area contributed by atoms with E-state index in [1.54, 1.807) is 23.1 Å². The number of piperazine rings is 2. The number of hydrogen-bond acceptors (Lipinski definition) is 8. The van der Waals surface area contributed by atoms with Crippen LogP contribution in [0.3, 0.4) is 0 Å². The highest BCUT2D eigenvalue weighted by molar-refractivity contribution is 7.89. The fourth-order valence-corrected chi connectivity index (χ4v) is 8.70. The van der Waals surface area contributed by atoms with E-state index in [-0.39, 0.29) is 28.8 Å². The van der Waals surface area contributed by atoms with Gasteiger partial charge >= 0.3 is 5.97 Å². The first-order valence-corrected chi connectivity index (χ1v) is 16.7. The largest absolute Gasteiger partial charge is 0.477 e. The van der Waals surface area contributed by atoms with Gasteiger partial charge < -0.3 is 20.2 Å². The molecule has 1 unspecified atom stereocenters. The molecule has 2 aliphatic heterocycles. The Balaban J connectivity index is 1.33. The van der Waals surface area contributed by atoms with Crippen LogP contribution < -0.4 is 15.1 Å². The lowest BCUT2D eigenvalue weighted by atomic mass is 9.82. The number of pyridine rings is 1. The molecule has 222 valence electrons. The quantitative estimate of drug-likeness (QED) is 0.414. The summed E-state index contributed by atoms with van der Waals surface area (Å²) in [7, 11) is -4.01. The van der Waals surface area contributed by atoms with Crippen LogP contribution in [0.4, 0.5) is 11.5 Å². The molecule has 42 heavy (non-hydrogen) atoms. The summed E-state index contributed by atoms with van der Waals surface area (Å²) in [6.07, 6.45) is 6.20. The topological polar surface area (TPSA) is 123 Å². The van der Waals surface area contributed by atoms with Gasteiger partial charge in [-0.25, -0.2) is 18.2 Å². The summed E-state index contributed by atoms with van der Waals surface area (Å²) in [5, 5.41) is 13.4. The second-order valence-electron chi connectivity index (χ2n) is 11.1. The van der Waals surface area contributed by atoms with Crippen molar-refractivity contribution in [1.82, 2.24) is 14.6 Å². The Labute approximate surface area is 250 Å². The first-order chi connectivity index (χ1) is 20.3. The van der Waals surface area contributed by atoms with E-state index in [9.17, 15) is 23.1 Å². The van der Waals surface area contributed by atoms with Gasteiger partial charge in [0, 0.05) is 43.8 Å². The number of hydrogen-bond donors (Lipinski definition) is 2. The molecule has 0 radical (unpaired) electrons. The van der Waals surface area contributed by atoms with Crippen molar-refractivity contribution in [3.63, 3.8) is 0 Å². The molecule has 10 nitrogen and oxygen atoms in total. The standard InChI is InChI=1S/C30H35N5O5S2/c36-28-20-34(42(39,40)23-11-12-27(32-18-23)33-15-13-31-14-16-33)19-25(21-7-3-1-4-8-21)35(28)24-17-26(41-29(24)30(37)38)22-9-5-2-6-10-22/h2,5-6,9-12,17-18,21,25,31H,1,3-4,7-8,13-16,19-20H2,(H,37,38). The van der Waals surface area contributed by atoms with Gasteiger partial charge in [-0.15, -0.1) is 11.3 Å². The van der Waals surface area contributed by atoms with E-state index in [1.165, 1.54) is 10.5 Å². The highest BCUT2D eigenvalue weighted by atomic mass is 32.2. The van der Waals surface area contributed by atoms with E-state index >= 15 is 0 Å². The maximum Gasteiger partial charge on any atom is 0.348 e. The molecular weight excluding hydrogens is 574 g/mol. The molecule has 4 heterocycles. The fraction of sp³-hybridized carbons (Fsp3) is 0.433. The number of benzene rings is 1. The number of amides is 1. The third kappa shape index (κ3) is 5.68. The Morgan fingerprint density at radius 3 is 2.43 bits per heavy atom. The van der Waals surface area contributed by atoms with Crippen molar-refractivity contribution >= 4 is 44.7 Å². The van der Waals surface area contributed by atoms with Crippen LogP contribution in [-0.4, -0.2) is 80.0 Å². The zero-order valence-corrected chi connectivity index (χ0v) is 24.9. The van der Waals surface area contributed by atoms with Crippen LogP contribution in [-0.2, 0) is 14.8 Å². The average molecular weight is 610 g/mol. The predicted molar refractivity (Wildman–Crippen MR) is 163 cm³/mol. The Morgan fingerprint density at radius 2 is 1.76 bits per heavy atom. The molecule has 0 spiro atoms. The number of anilines is 2. The molecule has 2 saturated heterocycles. The van der Waals surface area contributed by atoms with Gasteiger partial charge in [-0.05, 0) is 42.5 Å². The van der Waals surface area contributed by atoms with E-state index in [4.69, 9.17) is 0 Å². The van der Waals surface area contributed by atoms with E-state index in [2.05, 4.69) is 15.2 Å². The molecule has 12 heteroatoms. The van der Waals surface area contributed by atoms with Crippen molar-refractivity contribution in [3.05, 3.63) is 59.6 Å². The molecule has 3 fully saturated rings. The number of carbonyl (C=O) groups is 2. The summed E-state index contributed by atoms with van der Waals surface area (Å²) in [5.41, 5.74) is 1.22. The third-order valence-corrected chi connectivity index (χ3v) is 11.5. The van der Waals surface area contributed by atoms with Crippen LogP contribution in [0.5, 0.6) is 0 Å². The van der Waals surface area contributed by atoms with Crippen LogP contribution in [0, 0.1) is 5.92 Å². The molecule has 1 atom stereocenters. The van der Waals surface area contributed by atoms with Crippen molar-refractivity contribution in [2.45, 2.75) is 43.0 Å². The maximum atomic E-state index is 13.9. The van der Waals surface area contributed by atoms with Gasteiger partial charge in [-0.2, -0.15) is 4.31 Å². The van der Waals surface area contributed by atoms with Gasteiger partial charge in [0.25, 0.3) is 0 Å². The first-order valence-electron chi connectivity index (χ1n) is 14.5. The van der Waals surface area contributed by atoms with E-state index in [0.717, 1.165) is 85.9 Å². The van der Waals surface area contributed by atoms with Crippen LogP contribution in [0.15, 0.2) is 59.6 Å². The summed E-state index contributed by atoms with van der Waals surface area (Å²) in [5.74, 6) is -0.719. The molecule has 6 rings (SSSR count). The average Bonchev–Trinajstić information content (AvgIpc) is 3.47. The number of rotatable bonds is 7. The molecular formula is C30H35N5O5S2. The fourth-order valence-electron chi connectivity index (χ4n) is 6.36. The van der Waals surface area contributed by atoms with E-state index in [1.807, 2.05) is 30.3 Å². The van der Waals surface area contributed by atoms with Gasteiger partial charge in [0.15, 0.2) is 0 Å². The molecule has 1 amide bonds. The smallest absolute Gasteiger partial charge is 0.348 e. The second-order valence-corrected chi connectivity index (χ2v) is 14.1. The summed E-state index contributed by atoms with van der Waals surface area (Å²) in [6, 6.07) is 14.1. The van der Waals surface area contributed by atoms with Crippen LogP contribution in [0.2, 0.25) is 0 Å². The van der Waals surface area contributed by atoms with Gasteiger partial charge in [0.1, 0.15) is 15.6 Å². The lowest BCUT2D eigenvalue weighted by Gasteiger charge is -2.44. The zero-order valence-electron chi connectivity index (χ0n) is 23.3. The van der Waals surface area contributed by atoms with Gasteiger partial charge in [-0.3, -0.25) is 4.79 Å². The summed E-state index contributed by atoms with van der Waals surface area (Å²) < 4.78 is 29.0. The molecule has 3 aliphatic rings. The minimum absolute atomic E-state index is 0.0538. The summed E-state index contributed by atoms with van der Waals surface area (Å²) in [6.45, 7) is 3.03. The number of carboxylic acids is 1. The Kier molecular flexibility index (Phi) is 8.30. The number of carboxylic acid groups (broad SMARTS) is 1.